The molecule has 6 heteroatoms. The van der Waals surface area contributed by atoms with Gasteiger partial charge in [-0.05, 0) is 13.8 Å². The van der Waals surface area contributed by atoms with Gasteiger partial charge in [0.15, 0.2) is 11.9 Å². The van der Waals surface area contributed by atoms with Gasteiger partial charge in [0.05, 0.1) is 26.4 Å². The van der Waals surface area contributed by atoms with E-state index < -0.39 is 11.9 Å². The van der Waals surface area contributed by atoms with Crippen LogP contribution in [0.3, 0.4) is 0 Å². The highest BCUT2D eigenvalue weighted by atomic mass is 16.7. The normalized spacial score (nSPS) is 32.4. The van der Waals surface area contributed by atoms with E-state index in [9.17, 15) is 4.79 Å². The van der Waals surface area contributed by atoms with E-state index in [0.29, 0.717) is 33.0 Å². The number of ether oxygens (including phenoxy) is 4. The smallest absolute Gasteiger partial charge is 0.251 e. The van der Waals surface area contributed by atoms with E-state index in [4.69, 9.17) is 18.9 Å². The molecule has 17 heavy (non-hydrogen) atoms. The Kier molecular flexibility index (Phi) is 3.98. The molecule has 2 aliphatic rings. The first-order chi connectivity index (χ1) is 8.07. The maximum atomic E-state index is 11.7. The van der Waals surface area contributed by atoms with Crippen molar-refractivity contribution in [2.75, 3.05) is 33.0 Å². The van der Waals surface area contributed by atoms with Crippen LogP contribution in [0, 0.1) is 0 Å². The molecule has 0 aromatic carbocycles. The summed E-state index contributed by atoms with van der Waals surface area (Å²) in [5, 5.41) is 2.78. The molecule has 2 saturated heterocycles. The minimum atomic E-state index is -0.556. The molecular weight excluding hydrogens is 226 g/mol. The van der Waals surface area contributed by atoms with E-state index in [-0.39, 0.29) is 12.0 Å². The molecule has 0 saturated carbocycles. The summed E-state index contributed by atoms with van der Waals surface area (Å²) in [6, 6.07) is 0. The minimum Gasteiger partial charge on any atom is -0.376 e. The molecule has 98 valence electrons. The number of hydrogen-bond donors (Lipinski definition) is 1. The zero-order valence-electron chi connectivity index (χ0n) is 10.2. The average molecular weight is 245 g/mol. The monoisotopic (exact) mass is 245 g/mol. The molecule has 0 spiro atoms. The van der Waals surface area contributed by atoms with Crippen LogP contribution in [0.25, 0.3) is 0 Å². The molecule has 0 bridgehead atoms. The molecule has 1 amide bonds. The van der Waals surface area contributed by atoms with Crippen LogP contribution in [0.1, 0.15) is 13.8 Å². The van der Waals surface area contributed by atoms with Crippen molar-refractivity contribution in [3.63, 3.8) is 0 Å². The van der Waals surface area contributed by atoms with Crippen molar-refractivity contribution in [3.8, 4) is 0 Å². The lowest BCUT2D eigenvalue weighted by molar-refractivity contribution is -0.150. The number of nitrogens with one attached hydrogen (secondary N) is 1. The molecule has 0 aliphatic carbocycles. The van der Waals surface area contributed by atoms with Crippen LogP contribution in [0.5, 0.6) is 0 Å². The highest BCUT2D eigenvalue weighted by Crippen LogP contribution is 2.21. The van der Waals surface area contributed by atoms with Crippen molar-refractivity contribution in [3.05, 3.63) is 0 Å². The molecule has 2 atom stereocenters. The Labute approximate surface area is 101 Å². The van der Waals surface area contributed by atoms with Gasteiger partial charge in [-0.25, -0.2) is 0 Å². The Hall–Kier alpha value is -0.690. The van der Waals surface area contributed by atoms with Gasteiger partial charge in [-0.1, -0.05) is 0 Å². The van der Waals surface area contributed by atoms with Crippen LogP contribution >= 0.6 is 0 Å². The Morgan fingerprint density at radius 2 is 2.18 bits per heavy atom. The molecule has 2 rings (SSSR count). The average Bonchev–Trinajstić information content (AvgIpc) is 2.67. The third kappa shape index (κ3) is 3.64. The number of carbonyl (C=O) groups is 1. The minimum absolute atomic E-state index is 0.0986. The van der Waals surface area contributed by atoms with Gasteiger partial charge in [-0.15, -0.1) is 0 Å². The second-order valence-corrected chi connectivity index (χ2v) is 4.63. The maximum Gasteiger partial charge on any atom is 0.251 e. The fraction of sp³-hybridized carbons (Fsp3) is 0.909. The van der Waals surface area contributed by atoms with Crippen LogP contribution in [0.4, 0.5) is 0 Å². The summed E-state index contributed by atoms with van der Waals surface area (Å²) in [6.07, 6.45) is -0.599. The van der Waals surface area contributed by atoms with Crippen LogP contribution in [-0.4, -0.2) is 56.9 Å². The number of rotatable bonds is 3. The highest BCUT2D eigenvalue weighted by molar-refractivity contribution is 5.81. The van der Waals surface area contributed by atoms with E-state index in [2.05, 4.69) is 5.32 Å². The molecule has 2 unspecified atom stereocenters. The van der Waals surface area contributed by atoms with Crippen LogP contribution in [0.15, 0.2) is 0 Å². The Morgan fingerprint density at radius 1 is 1.35 bits per heavy atom. The van der Waals surface area contributed by atoms with Crippen molar-refractivity contribution in [2.45, 2.75) is 31.8 Å². The highest BCUT2D eigenvalue weighted by Gasteiger charge is 2.33. The van der Waals surface area contributed by atoms with Crippen molar-refractivity contribution >= 4 is 5.91 Å². The summed E-state index contributed by atoms with van der Waals surface area (Å²) in [6.45, 7) is 5.97. The summed E-state index contributed by atoms with van der Waals surface area (Å²) in [7, 11) is 0. The largest absolute Gasteiger partial charge is 0.376 e. The second kappa shape index (κ2) is 5.30. The lowest BCUT2D eigenvalue weighted by atomic mass is 10.3. The van der Waals surface area contributed by atoms with Gasteiger partial charge < -0.3 is 24.3 Å². The summed E-state index contributed by atoms with van der Waals surface area (Å²) in [5.74, 6) is -0.710. The lowest BCUT2D eigenvalue weighted by Gasteiger charge is -2.23. The van der Waals surface area contributed by atoms with E-state index in [0.717, 1.165) is 0 Å². The first kappa shape index (κ1) is 12.8. The molecular formula is C11H19NO5. The number of amides is 1. The van der Waals surface area contributed by atoms with Gasteiger partial charge in [0.2, 0.25) is 0 Å². The number of hydrogen-bond acceptors (Lipinski definition) is 5. The predicted molar refractivity (Wildman–Crippen MR) is 58.5 cm³/mol. The van der Waals surface area contributed by atoms with Crippen LogP contribution in [0.2, 0.25) is 0 Å². The van der Waals surface area contributed by atoms with E-state index in [1.807, 2.05) is 13.8 Å². The Balaban J connectivity index is 1.69. The summed E-state index contributed by atoms with van der Waals surface area (Å²) < 4.78 is 21.4. The fourth-order valence-electron chi connectivity index (χ4n) is 1.83. The third-order valence-electron chi connectivity index (χ3n) is 2.68. The number of carbonyl (C=O) groups excluding carboxylic acids is 1. The molecule has 6 nitrogen and oxygen atoms in total. The fourth-order valence-corrected chi connectivity index (χ4v) is 1.83. The summed E-state index contributed by atoms with van der Waals surface area (Å²) in [4.78, 5) is 11.7. The second-order valence-electron chi connectivity index (χ2n) is 4.63. The first-order valence-electron chi connectivity index (χ1n) is 5.86. The standard InChI is InChI=1S/C11H19NO5/c1-11(2)16-6-8(17-11)5-12-10(13)9-7-14-3-4-15-9/h8-9H,3-7H2,1-2H3,(H,12,13). The van der Waals surface area contributed by atoms with E-state index in [1.165, 1.54) is 0 Å². The zero-order chi connectivity index (χ0) is 12.3. The van der Waals surface area contributed by atoms with Crippen molar-refractivity contribution in [2.24, 2.45) is 0 Å². The molecule has 2 heterocycles. The zero-order valence-corrected chi connectivity index (χ0v) is 10.2. The molecule has 1 N–H and O–H groups in total. The SMILES string of the molecule is CC1(C)OCC(CNC(=O)C2COCCO2)O1. The van der Waals surface area contributed by atoms with Crippen molar-refractivity contribution < 1.29 is 23.7 Å². The Bertz CT molecular complexity index is 275. The van der Waals surface area contributed by atoms with E-state index in [1.54, 1.807) is 0 Å². The molecule has 0 radical (unpaired) electrons. The van der Waals surface area contributed by atoms with Gasteiger partial charge in [0.1, 0.15) is 6.10 Å². The lowest BCUT2D eigenvalue weighted by Crippen LogP contribution is -2.45. The van der Waals surface area contributed by atoms with Gasteiger partial charge in [-0.3, -0.25) is 4.79 Å². The van der Waals surface area contributed by atoms with Crippen molar-refractivity contribution in [1.29, 1.82) is 0 Å². The molecule has 2 aliphatic heterocycles. The Morgan fingerprint density at radius 3 is 2.76 bits per heavy atom. The topological polar surface area (TPSA) is 66.0 Å². The maximum absolute atomic E-state index is 11.7. The van der Waals surface area contributed by atoms with Gasteiger partial charge in [-0.2, -0.15) is 0 Å². The van der Waals surface area contributed by atoms with Gasteiger partial charge in [0, 0.05) is 6.54 Å². The molecule has 0 aromatic rings. The summed E-state index contributed by atoms with van der Waals surface area (Å²) >= 11 is 0. The summed E-state index contributed by atoms with van der Waals surface area (Å²) in [5.41, 5.74) is 0. The first-order valence-corrected chi connectivity index (χ1v) is 5.86. The van der Waals surface area contributed by atoms with Gasteiger partial charge >= 0.3 is 0 Å². The predicted octanol–water partition coefficient (Wildman–Crippen LogP) is -0.330. The van der Waals surface area contributed by atoms with Crippen LogP contribution in [-0.2, 0) is 23.7 Å². The van der Waals surface area contributed by atoms with Gasteiger partial charge in [0.25, 0.3) is 5.91 Å². The van der Waals surface area contributed by atoms with Crippen molar-refractivity contribution in [1.82, 2.24) is 5.32 Å². The van der Waals surface area contributed by atoms with Crippen LogP contribution < -0.4 is 5.32 Å². The molecule has 0 aromatic heterocycles. The van der Waals surface area contributed by atoms with E-state index >= 15 is 0 Å². The third-order valence-corrected chi connectivity index (χ3v) is 2.68. The quantitative estimate of drug-likeness (QED) is 0.737. The molecule has 2 fully saturated rings.